The quantitative estimate of drug-likeness (QED) is 0.602. The standard InChI is InChI=1S/C19H13F3O/c20-19(21,22)16-6-3-5-15(12-16)18-11-13(8-9-23)10-14-4-1-2-7-17(14)18/h1-7,9-12H,8H2. The van der Waals surface area contributed by atoms with E-state index in [4.69, 9.17) is 0 Å². The topological polar surface area (TPSA) is 17.1 Å². The van der Waals surface area contributed by atoms with Gasteiger partial charge in [-0.05, 0) is 39.6 Å². The molecule has 0 saturated heterocycles. The zero-order valence-corrected chi connectivity index (χ0v) is 12.1. The van der Waals surface area contributed by atoms with Crippen LogP contribution in [0.25, 0.3) is 21.9 Å². The Morgan fingerprint density at radius 1 is 0.913 bits per heavy atom. The van der Waals surface area contributed by atoms with Crippen molar-refractivity contribution in [2.45, 2.75) is 12.6 Å². The number of rotatable bonds is 3. The van der Waals surface area contributed by atoms with Gasteiger partial charge in [0.25, 0.3) is 0 Å². The molecule has 116 valence electrons. The van der Waals surface area contributed by atoms with Gasteiger partial charge in [-0.2, -0.15) is 13.2 Å². The van der Waals surface area contributed by atoms with Gasteiger partial charge in [0.05, 0.1) is 5.56 Å². The molecule has 0 aromatic heterocycles. The zero-order chi connectivity index (χ0) is 16.4. The number of benzene rings is 3. The van der Waals surface area contributed by atoms with Crippen molar-refractivity contribution in [2.75, 3.05) is 0 Å². The predicted molar refractivity (Wildman–Crippen MR) is 84.2 cm³/mol. The van der Waals surface area contributed by atoms with Crippen molar-refractivity contribution in [3.05, 3.63) is 71.8 Å². The van der Waals surface area contributed by atoms with Crippen molar-refractivity contribution in [2.24, 2.45) is 0 Å². The fourth-order valence-electron chi connectivity index (χ4n) is 2.69. The van der Waals surface area contributed by atoms with Crippen LogP contribution in [0.1, 0.15) is 11.1 Å². The molecule has 4 heteroatoms. The normalized spacial score (nSPS) is 11.6. The average molecular weight is 314 g/mol. The highest BCUT2D eigenvalue weighted by atomic mass is 19.4. The van der Waals surface area contributed by atoms with Crippen molar-refractivity contribution in [1.29, 1.82) is 0 Å². The first-order valence-electron chi connectivity index (χ1n) is 7.12. The molecule has 0 fully saturated rings. The van der Waals surface area contributed by atoms with Crippen LogP contribution in [0, 0.1) is 0 Å². The number of aldehydes is 1. The van der Waals surface area contributed by atoms with E-state index in [1.165, 1.54) is 6.07 Å². The molecule has 3 aromatic carbocycles. The van der Waals surface area contributed by atoms with Crippen LogP contribution >= 0.6 is 0 Å². The van der Waals surface area contributed by atoms with Crippen molar-refractivity contribution in [3.63, 3.8) is 0 Å². The number of halogens is 3. The summed E-state index contributed by atoms with van der Waals surface area (Å²) in [6.45, 7) is 0. The molecule has 0 unspecified atom stereocenters. The third-order valence-electron chi connectivity index (χ3n) is 3.74. The number of carbonyl (C=O) groups is 1. The summed E-state index contributed by atoms with van der Waals surface area (Å²) >= 11 is 0. The van der Waals surface area contributed by atoms with Crippen LogP contribution in [0.4, 0.5) is 13.2 Å². The van der Waals surface area contributed by atoms with Gasteiger partial charge in [0.2, 0.25) is 0 Å². The van der Waals surface area contributed by atoms with E-state index in [1.807, 2.05) is 30.3 Å². The molecule has 3 rings (SSSR count). The van der Waals surface area contributed by atoms with Gasteiger partial charge in [0.15, 0.2) is 0 Å². The van der Waals surface area contributed by atoms with Gasteiger partial charge in [-0.15, -0.1) is 0 Å². The molecule has 23 heavy (non-hydrogen) atoms. The summed E-state index contributed by atoms with van der Waals surface area (Å²) in [5, 5.41) is 1.76. The lowest BCUT2D eigenvalue weighted by Crippen LogP contribution is -2.04. The van der Waals surface area contributed by atoms with E-state index >= 15 is 0 Å². The number of fused-ring (bicyclic) bond motifs is 1. The van der Waals surface area contributed by atoms with Gasteiger partial charge < -0.3 is 4.79 Å². The minimum Gasteiger partial charge on any atom is -0.303 e. The van der Waals surface area contributed by atoms with Gasteiger partial charge >= 0.3 is 6.18 Å². The predicted octanol–water partition coefficient (Wildman–Crippen LogP) is 5.27. The highest BCUT2D eigenvalue weighted by Crippen LogP contribution is 2.35. The summed E-state index contributed by atoms with van der Waals surface area (Å²) in [5.41, 5.74) is 1.29. The molecule has 0 bridgehead atoms. The van der Waals surface area contributed by atoms with Crippen molar-refractivity contribution in [3.8, 4) is 11.1 Å². The lowest BCUT2D eigenvalue weighted by molar-refractivity contribution is -0.137. The Morgan fingerprint density at radius 3 is 2.43 bits per heavy atom. The Labute approximate surface area is 131 Å². The summed E-state index contributed by atoms with van der Waals surface area (Å²) in [6.07, 6.45) is -3.36. The first-order chi connectivity index (χ1) is 11.0. The lowest BCUT2D eigenvalue weighted by atomic mass is 9.94. The van der Waals surface area contributed by atoms with Crippen LogP contribution < -0.4 is 0 Å². The zero-order valence-electron chi connectivity index (χ0n) is 12.1. The molecular formula is C19H13F3O. The molecule has 1 nitrogen and oxygen atoms in total. The summed E-state index contributed by atoms with van der Waals surface area (Å²) in [5.74, 6) is 0. The summed E-state index contributed by atoms with van der Waals surface area (Å²) in [6, 6.07) is 16.4. The molecule has 0 N–H and O–H groups in total. The highest BCUT2D eigenvalue weighted by molar-refractivity contribution is 5.97. The second-order valence-corrected chi connectivity index (χ2v) is 5.31. The van der Waals surface area contributed by atoms with E-state index in [9.17, 15) is 18.0 Å². The van der Waals surface area contributed by atoms with Crippen LogP contribution in [0.2, 0.25) is 0 Å². The third kappa shape index (κ3) is 3.11. The van der Waals surface area contributed by atoms with Crippen LogP contribution in [-0.4, -0.2) is 6.29 Å². The summed E-state index contributed by atoms with van der Waals surface area (Å²) in [7, 11) is 0. The van der Waals surface area contributed by atoms with Crippen LogP contribution in [-0.2, 0) is 17.4 Å². The number of hydrogen-bond acceptors (Lipinski definition) is 1. The maximum atomic E-state index is 13.0. The van der Waals surface area contributed by atoms with Gasteiger partial charge in [-0.3, -0.25) is 0 Å². The van der Waals surface area contributed by atoms with E-state index in [0.29, 0.717) is 11.1 Å². The Morgan fingerprint density at radius 2 is 1.70 bits per heavy atom. The van der Waals surface area contributed by atoms with Crippen LogP contribution in [0.5, 0.6) is 0 Å². The Hall–Kier alpha value is -2.62. The smallest absolute Gasteiger partial charge is 0.303 e. The third-order valence-corrected chi connectivity index (χ3v) is 3.74. The number of hydrogen-bond donors (Lipinski definition) is 0. The minimum atomic E-state index is -4.38. The first-order valence-corrected chi connectivity index (χ1v) is 7.12. The van der Waals surface area contributed by atoms with Gasteiger partial charge in [-0.25, -0.2) is 0 Å². The molecule has 0 aliphatic carbocycles. The molecule has 0 spiro atoms. The van der Waals surface area contributed by atoms with Crippen LogP contribution in [0.15, 0.2) is 60.7 Å². The van der Waals surface area contributed by atoms with E-state index in [1.54, 1.807) is 12.1 Å². The largest absolute Gasteiger partial charge is 0.416 e. The van der Waals surface area contributed by atoms with Gasteiger partial charge in [-0.1, -0.05) is 48.5 Å². The molecule has 0 atom stereocenters. The summed E-state index contributed by atoms with van der Waals surface area (Å²) < 4.78 is 38.9. The first kappa shape index (κ1) is 15.3. The van der Waals surface area contributed by atoms with E-state index in [0.717, 1.165) is 34.8 Å². The highest BCUT2D eigenvalue weighted by Gasteiger charge is 2.30. The van der Waals surface area contributed by atoms with Crippen molar-refractivity contribution in [1.82, 2.24) is 0 Å². The van der Waals surface area contributed by atoms with Gasteiger partial charge in [0, 0.05) is 6.42 Å². The monoisotopic (exact) mass is 314 g/mol. The molecular weight excluding hydrogens is 301 g/mol. The molecule has 3 aromatic rings. The molecule has 0 radical (unpaired) electrons. The van der Waals surface area contributed by atoms with E-state index in [-0.39, 0.29) is 6.42 Å². The molecule has 0 saturated carbocycles. The minimum absolute atomic E-state index is 0.233. The lowest BCUT2D eigenvalue weighted by Gasteiger charge is -2.12. The fraction of sp³-hybridized carbons (Fsp3) is 0.105. The molecule has 0 heterocycles. The van der Waals surface area contributed by atoms with E-state index < -0.39 is 11.7 Å². The average Bonchev–Trinajstić information content (AvgIpc) is 2.54. The fourth-order valence-corrected chi connectivity index (χ4v) is 2.69. The van der Waals surface area contributed by atoms with Gasteiger partial charge in [0.1, 0.15) is 6.29 Å². The second-order valence-electron chi connectivity index (χ2n) is 5.31. The maximum Gasteiger partial charge on any atom is 0.416 e. The Kier molecular flexibility index (Phi) is 3.90. The SMILES string of the molecule is O=CCc1cc(-c2cccc(C(F)(F)F)c2)c2ccccc2c1. The van der Waals surface area contributed by atoms with Crippen molar-refractivity contribution < 1.29 is 18.0 Å². The Bertz CT molecular complexity index is 866. The summed E-state index contributed by atoms with van der Waals surface area (Å²) in [4.78, 5) is 10.8. The molecule has 0 aliphatic rings. The van der Waals surface area contributed by atoms with Crippen LogP contribution in [0.3, 0.4) is 0 Å². The van der Waals surface area contributed by atoms with Crippen molar-refractivity contribution >= 4 is 17.1 Å². The second kappa shape index (κ2) is 5.88. The molecule has 0 aliphatic heterocycles. The Balaban J connectivity index is 2.24. The molecule has 0 amide bonds. The number of carbonyl (C=O) groups excluding carboxylic acids is 1. The maximum absolute atomic E-state index is 13.0. The number of alkyl halides is 3. The van der Waals surface area contributed by atoms with E-state index in [2.05, 4.69) is 0 Å².